The molecule has 3 heteroatoms. The lowest BCUT2D eigenvalue weighted by atomic mass is 10.2. The Hall–Kier alpha value is -1.45. The smallest absolute Gasteiger partial charge is 0.134 e. The summed E-state index contributed by atoms with van der Waals surface area (Å²) in [6, 6.07) is 12.5. The summed E-state index contributed by atoms with van der Waals surface area (Å²) >= 11 is 3.47. The van der Waals surface area contributed by atoms with Crippen molar-refractivity contribution >= 4 is 22.7 Å². The molecule has 17 heavy (non-hydrogen) atoms. The maximum Gasteiger partial charge on any atom is 0.134 e. The van der Waals surface area contributed by atoms with Crippen LogP contribution < -0.4 is 0 Å². The molecule has 0 unspecified atom stereocenters. The first kappa shape index (κ1) is 10.7. The highest BCUT2D eigenvalue weighted by Crippen LogP contribution is 2.33. The third-order valence-corrected chi connectivity index (χ3v) is 4.64. The maximum atomic E-state index is 4.71. The first-order valence-electron chi connectivity index (χ1n) is 5.40. The number of rotatable bonds is 2. The van der Waals surface area contributed by atoms with Crippen molar-refractivity contribution in [2.75, 3.05) is 0 Å². The van der Waals surface area contributed by atoms with Gasteiger partial charge in [0.25, 0.3) is 0 Å². The molecular formula is C14H11NS2. The van der Waals surface area contributed by atoms with Gasteiger partial charge in [0.05, 0.1) is 10.6 Å². The predicted molar refractivity (Wildman–Crippen MR) is 75.6 cm³/mol. The number of benzene rings is 1. The van der Waals surface area contributed by atoms with Gasteiger partial charge in [-0.15, -0.1) is 22.7 Å². The normalized spacial score (nSPS) is 10.6. The van der Waals surface area contributed by atoms with Gasteiger partial charge in [-0.3, -0.25) is 0 Å². The summed E-state index contributed by atoms with van der Waals surface area (Å²) in [4.78, 5) is 6.00. The molecule has 0 saturated heterocycles. The Bertz CT molecular complexity index is 622. The van der Waals surface area contributed by atoms with E-state index in [2.05, 4.69) is 35.9 Å². The highest BCUT2D eigenvalue weighted by molar-refractivity contribution is 7.20. The fourth-order valence-corrected chi connectivity index (χ4v) is 3.64. The summed E-state index contributed by atoms with van der Waals surface area (Å²) in [5.74, 6) is 0. The standard InChI is InChI=1S/C14H11NS2/c1-10-7-8-16-13(10)14-15-12(9-17-14)11-5-3-2-4-6-11/h2-9H,1H3. The predicted octanol–water partition coefficient (Wildman–Crippen LogP) is 4.85. The van der Waals surface area contributed by atoms with Crippen LogP contribution in [0.4, 0.5) is 0 Å². The Labute approximate surface area is 108 Å². The Kier molecular flexibility index (Phi) is 2.79. The van der Waals surface area contributed by atoms with Crippen molar-refractivity contribution in [2.24, 2.45) is 0 Å². The molecule has 0 saturated carbocycles. The van der Waals surface area contributed by atoms with Crippen molar-refractivity contribution in [1.29, 1.82) is 0 Å². The van der Waals surface area contributed by atoms with E-state index in [-0.39, 0.29) is 0 Å². The number of thiazole rings is 1. The van der Waals surface area contributed by atoms with Gasteiger partial charge in [-0.25, -0.2) is 4.98 Å². The van der Waals surface area contributed by atoms with Crippen LogP contribution in [0.5, 0.6) is 0 Å². The van der Waals surface area contributed by atoms with Gasteiger partial charge in [0.2, 0.25) is 0 Å². The minimum absolute atomic E-state index is 1.07. The Morgan fingerprint density at radius 2 is 1.82 bits per heavy atom. The van der Waals surface area contributed by atoms with Crippen LogP contribution in [0.15, 0.2) is 47.2 Å². The molecule has 1 nitrogen and oxygen atoms in total. The zero-order valence-corrected chi connectivity index (χ0v) is 11.0. The second-order valence-corrected chi connectivity index (χ2v) is 5.61. The number of nitrogens with zero attached hydrogens (tertiary/aromatic N) is 1. The quantitative estimate of drug-likeness (QED) is 0.639. The molecule has 2 heterocycles. The number of hydrogen-bond donors (Lipinski definition) is 0. The first-order chi connectivity index (χ1) is 8.34. The van der Waals surface area contributed by atoms with Gasteiger partial charge in [-0.2, -0.15) is 0 Å². The van der Waals surface area contributed by atoms with Crippen LogP contribution in [0.2, 0.25) is 0 Å². The van der Waals surface area contributed by atoms with Crippen LogP contribution in [0.3, 0.4) is 0 Å². The average molecular weight is 257 g/mol. The SMILES string of the molecule is Cc1ccsc1-c1nc(-c2ccccc2)cs1. The molecule has 3 rings (SSSR count). The average Bonchev–Trinajstić information content (AvgIpc) is 2.98. The number of aryl methyl sites for hydroxylation is 1. The third kappa shape index (κ3) is 2.04. The zero-order valence-electron chi connectivity index (χ0n) is 9.38. The van der Waals surface area contributed by atoms with Gasteiger partial charge in [0, 0.05) is 10.9 Å². The lowest BCUT2D eigenvalue weighted by Crippen LogP contribution is -1.78. The summed E-state index contributed by atoms with van der Waals surface area (Å²) < 4.78 is 0. The van der Waals surface area contributed by atoms with Gasteiger partial charge in [-0.1, -0.05) is 30.3 Å². The Morgan fingerprint density at radius 3 is 2.53 bits per heavy atom. The van der Waals surface area contributed by atoms with E-state index >= 15 is 0 Å². The van der Waals surface area contributed by atoms with Crippen molar-refractivity contribution in [3.8, 4) is 21.1 Å². The molecule has 0 radical (unpaired) electrons. The van der Waals surface area contributed by atoms with Gasteiger partial charge >= 0.3 is 0 Å². The summed E-state index contributed by atoms with van der Waals surface area (Å²) in [6.07, 6.45) is 0. The van der Waals surface area contributed by atoms with Crippen LogP contribution in [0.25, 0.3) is 21.1 Å². The topological polar surface area (TPSA) is 12.9 Å². The molecule has 0 fully saturated rings. The van der Waals surface area contributed by atoms with Crippen LogP contribution in [0.1, 0.15) is 5.56 Å². The molecule has 0 bridgehead atoms. The van der Waals surface area contributed by atoms with Gasteiger partial charge in [-0.05, 0) is 23.9 Å². The fraction of sp³-hybridized carbons (Fsp3) is 0.0714. The minimum Gasteiger partial charge on any atom is -0.235 e. The summed E-state index contributed by atoms with van der Waals surface area (Å²) in [6.45, 7) is 2.13. The van der Waals surface area contributed by atoms with Gasteiger partial charge in [0.15, 0.2) is 0 Å². The summed E-state index contributed by atoms with van der Waals surface area (Å²) in [5, 5.41) is 5.37. The van der Waals surface area contributed by atoms with E-state index in [0.717, 1.165) is 10.7 Å². The summed E-state index contributed by atoms with van der Waals surface area (Å²) in [7, 11) is 0. The molecule has 0 aliphatic rings. The number of aromatic nitrogens is 1. The molecular weight excluding hydrogens is 246 g/mol. The lowest BCUT2D eigenvalue weighted by molar-refractivity contribution is 1.40. The van der Waals surface area contributed by atoms with Crippen molar-refractivity contribution in [3.63, 3.8) is 0 Å². The van der Waals surface area contributed by atoms with E-state index in [4.69, 9.17) is 4.98 Å². The van der Waals surface area contributed by atoms with Crippen molar-refractivity contribution in [2.45, 2.75) is 6.92 Å². The van der Waals surface area contributed by atoms with E-state index in [1.165, 1.54) is 16.0 Å². The van der Waals surface area contributed by atoms with E-state index in [1.807, 2.05) is 18.2 Å². The molecule has 0 N–H and O–H groups in total. The van der Waals surface area contributed by atoms with E-state index in [1.54, 1.807) is 22.7 Å². The van der Waals surface area contributed by atoms with Crippen molar-refractivity contribution < 1.29 is 0 Å². The second-order valence-electron chi connectivity index (χ2n) is 3.84. The molecule has 0 atom stereocenters. The number of hydrogen-bond acceptors (Lipinski definition) is 3. The van der Waals surface area contributed by atoms with Crippen LogP contribution >= 0.6 is 22.7 Å². The highest BCUT2D eigenvalue weighted by Gasteiger charge is 2.09. The lowest BCUT2D eigenvalue weighted by Gasteiger charge is -1.95. The molecule has 0 aliphatic carbocycles. The van der Waals surface area contributed by atoms with E-state index in [9.17, 15) is 0 Å². The van der Waals surface area contributed by atoms with E-state index in [0.29, 0.717) is 0 Å². The fourth-order valence-electron chi connectivity index (χ4n) is 1.71. The second kappa shape index (κ2) is 4.43. The Balaban J connectivity index is 2.02. The highest BCUT2D eigenvalue weighted by atomic mass is 32.1. The van der Waals surface area contributed by atoms with Crippen molar-refractivity contribution in [3.05, 3.63) is 52.7 Å². The molecule has 2 aromatic heterocycles. The zero-order chi connectivity index (χ0) is 11.7. The Morgan fingerprint density at radius 1 is 1.00 bits per heavy atom. The van der Waals surface area contributed by atoms with Crippen LogP contribution in [-0.4, -0.2) is 4.98 Å². The number of thiophene rings is 1. The third-order valence-electron chi connectivity index (χ3n) is 2.63. The van der Waals surface area contributed by atoms with Crippen LogP contribution in [-0.2, 0) is 0 Å². The van der Waals surface area contributed by atoms with E-state index < -0.39 is 0 Å². The first-order valence-corrected chi connectivity index (χ1v) is 7.16. The molecule has 0 aliphatic heterocycles. The van der Waals surface area contributed by atoms with Gasteiger partial charge < -0.3 is 0 Å². The molecule has 0 spiro atoms. The minimum atomic E-state index is 1.07. The molecule has 0 amide bonds. The van der Waals surface area contributed by atoms with Gasteiger partial charge in [0.1, 0.15) is 5.01 Å². The monoisotopic (exact) mass is 257 g/mol. The summed E-state index contributed by atoms with van der Waals surface area (Å²) in [5.41, 5.74) is 3.56. The largest absolute Gasteiger partial charge is 0.235 e. The van der Waals surface area contributed by atoms with Crippen molar-refractivity contribution in [1.82, 2.24) is 4.98 Å². The molecule has 1 aromatic carbocycles. The maximum absolute atomic E-state index is 4.71. The molecule has 3 aromatic rings. The molecule has 84 valence electrons. The van der Waals surface area contributed by atoms with Crippen LogP contribution in [0, 0.1) is 6.92 Å².